The van der Waals surface area contributed by atoms with Crippen molar-refractivity contribution in [2.75, 3.05) is 12.3 Å². The van der Waals surface area contributed by atoms with Gasteiger partial charge in [0, 0.05) is 17.8 Å². The Hall–Kier alpha value is -1.09. The number of hydrogen-bond donors (Lipinski definition) is 2. The minimum absolute atomic E-state index is 0.388. The van der Waals surface area contributed by atoms with Gasteiger partial charge >= 0.3 is 0 Å². The van der Waals surface area contributed by atoms with Crippen LogP contribution in [0.2, 0.25) is 0 Å². The molecule has 1 aliphatic carbocycles. The van der Waals surface area contributed by atoms with Crippen LogP contribution in [0.5, 0.6) is 0 Å². The molecule has 0 bridgehead atoms. The molecule has 0 spiro atoms. The number of nitrogens with one attached hydrogen (secondary N) is 1. The predicted octanol–water partition coefficient (Wildman–Crippen LogP) is 1.97. The summed E-state index contributed by atoms with van der Waals surface area (Å²) in [6.45, 7) is 5.40. The minimum atomic E-state index is 0.388. The summed E-state index contributed by atoms with van der Waals surface area (Å²) in [4.78, 5) is 4.16. The van der Waals surface area contributed by atoms with Crippen molar-refractivity contribution in [2.24, 2.45) is 11.8 Å². The highest BCUT2D eigenvalue weighted by molar-refractivity contribution is 5.41. The van der Waals surface area contributed by atoms with E-state index in [4.69, 9.17) is 5.73 Å². The van der Waals surface area contributed by atoms with Gasteiger partial charge < -0.3 is 11.1 Å². The molecule has 1 aromatic heterocycles. The zero-order valence-corrected chi connectivity index (χ0v) is 9.40. The Balaban J connectivity index is 2.21. The van der Waals surface area contributed by atoms with Crippen LogP contribution in [-0.2, 0) is 0 Å². The van der Waals surface area contributed by atoms with Gasteiger partial charge in [0.2, 0.25) is 0 Å². The van der Waals surface area contributed by atoms with E-state index in [0.29, 0.717) is 11.9 Å². The quantitative estimate of drug-likeness (QED) is 0.790. The molecule has 2 rings (SSSR count). The third-order valence-corrected chi connectivity index (χ3v) is 3.23. The van der Waals surface area contributed by atoms with Gasteiger partial charge in [0.15, 0.2) is 0 Å². The summed E-state index contributed by atoms with van der Waals surface area (Å²) in [5.74, 6) is 2.22. The van der Waals surface area contributed by atoms with Gasteiger partial charge in [-0.15, -0.1) is 0 Å². The number of hydrogen-bond acceptors (Lipinski definition) is 3. The second kappa shape index (κ2) is 4.19. The molecule has 1 fully saturated rings. The monoisotopic (exact) mass is 205 g/mol. The fourth-order valence-electron chi connectivity index (χ4n) is 2.22. The first-order chi connectivity index (χ1) is 7.24. The summed E-state index contributed by atoms with van der Waals surface area (Å²) in [6.07, 6.45) is 3.05. The number of nitrogens with two attached hydrogens (primary N) is 1. The van der Waals surface area contributed by atoms with Crippen LogP contribution in [-0.4, -0.2) is 11.5 Å². The number of aromatic nitrogens is 1. The highest BCUT2D eigenvalue weighted by Gasteiger charge is 2.40. The summed E-state index contributed by atoms with van der Waals surface area (Å²) in [5, 5.41) is 3.51. The van der Waals surface area contributed by atoms with Gasteiger partial charge in [-0.3, -0.25) is 0 Å². The summed E-state index contributed by atoms with van der Waals surface area (Å²) in [5.41, 5.74) is 7.07. The van der Waals surface area contributed by atoms with Crippen LogP contribution in [0, 0.1) is 11.8 Å². The highest BCUT2D eigenvalue weighted by atomic mass is 14.9. The lowest BCUT2D eigenvalue weighted by Gasteiger charge is -2.19. The van der Waals surface area contributed by atoms with Crippen molar-refractivity contribution in [3.05, 3.63) is 23.9 Å². The molecule has 0 aromatic carbocycles. The lowest BCUT2D eigenvalue weighted by molar-refractivity contribution is 0.476. The minimum Gasteiger partial charge on any atom is -0.383 e. The molecule has 3 unspecified atom stereocenters. The van der Waals surface area contributed by atoms with Gasteiger partial charge in [-0.2, -0.15) is 0 Å². The maximum Gasteiger partial charge on any atom is 0.128 e. The molecule has 0 amide bonds. The van der Waals surface area contributed by atoms with E-state index in [2.05, 4.69) is 30.2 Å². The first-order valence-corrected chi connectivity index (χ1v) is 5.67. The van der Waals surface area contributed by atoms with E-state index in [1.807, 2.05) is 6.07 Å². The van der Waals surface area contributed by atoms with Gasteiger partial charge in [-0.25, -0.2) is 4.98 Å². The van der Waals surface area contributed by atoms with Crippen LogP contribution in [0.25, 0.3) is 0 Å². The highest BCUT2D eigenvalue weighted by Crippen LogP contribution is 2.47. The molecular weight excluding hydrogens is 186 g/mol. The van der Waals surface area contributed by atoms with Crippen molar-refractivity contribution >= 4 is 5.82 Å². The summed E-state index contributed by atoms with van der Waals surface area (Å²) >= 11 is 0. The average molecular weight is 205 g/mol. The molecule has 15 heavy (non-hydrogen) atoms. The first-order valence-electron chi connectivity index (χ1n) is 5.67. The Morgan fingerprint density at radius 1 is 1.67 bits per heavy atom. The fourth-order valence-corrected chi connectivity index (χ4v) is 2.22. The Morgan fingerprint density at radius 2 is 2.40 bits per heavy atom. The van der Waals surface area contributed by atoms with Gasteiger partial charge in [0.05, 0.1) is 0 Å². The van der Waals surface area contributed by atoms with Gasteiger partial charge in [-0.05, 0) is 30.9 Å². The zero-order valence-electron chi connectivity index (χ0n) is 9.40. The van der Waals surface area contributed by atoms with E-state index in [-0.39, 0.29) is 0 Å². The Bertz CT molecular complexity index is 337. The van der Waals surface area contributed by atoms with Crippen molar-refractivity contribution in [1.82, 2.24) is 10.3 Å². The second-order valence-corrected chi connectivity index (χ2v) is 4.39. The zero-order chi connectivity index (χ0) is 10.8. The SMILES string of the molecule is CCNC(c1cccnc1N)C1CC1C. The number of nitrogen functional groups attached to an aromatic ring is 1. The number of rotatable bonds is 4. The van der Waals surface area contributed by atoms with Crippen molar-refractivity contribution < 1.29 is 0 Å². The molecule has 3 N–H and O–H groups in total. The van der Waals surface area contributed by atoms with Crippen LogP contribution in [0.15, 0.2) is 18.3 Å². The second-order valence-electron chi connectivity index (χ2n) is 4.39. The standard InChI is InChI=1S/C12H19N3/c1-3-14-11(10-7-8(10)2)9-5-4-6-15-12(9)13/h4-6,8,10-11,14H,3,7H2,1-2H3,(H2,13,15). The van der Waals surface area contributed by atoms with Crippen molar-refractivity contribution in [1.29, 1.82) is 0 Å². The third kappa shape index (κ3) is 2.12. The maximum atomic E-state index is 5.91. The van der Waals surface area contributed by atoms with E-state index in [0.717, 1.165) is 23.9 Å². The van der Waals surface area contributed by atoms with Crippen molar-refractivity contribution in [3.8, 4) is 0 Å². The molecule has 0 saturated heterocycles. The Kier molecular flexibility index (Phi) is 2.91. The largest absolute Gasteiger partial charge is 0.383 e. The average Bonchev–Trinajstić information content (AvgIpc) is 2.93. The van der Waals surface area contributed by atoms with E-state index < -0.39 is 0 Å². The van der Waals surface area contributed by atoms with Crippen LogP contribution < -0.4 is 11.1 Å². The number of anilines is 1. The van der Waals surface area contributed by atoms with Gasteiger partial charge in [0.1, 0.15) is 5.82 Å². The predicted molar refractivity (Wildman–Crippen MR) is 62.3 cm³/mol. The van der Waals surface area contributed by atoms with E-state index in [1.165, 1.54) is 6.42 Å². The Morgan fingerprint density at radius 3 is 2.93 bits per heavy atom. The van der Waals surface area contributed by atoms with Crippen LogP contribution in [0.1, 0.15) is 31.9 Å². The molecule has 0 aliphatic heterocycles. The molecule has 0 radical (unpaired) electrons. The fraction of sp³-hybridized carbons (Fsp3) is 0.583. The smallest absolute Gasteiger partial charge is 0.128 e. The maximum absolute atomic E-state index is 5.91. The van der Waals surface area contributed by atoms with Crippen LogP contribution in [0.4, 0.5) is 5.82 Å². The van der Waals surface area contributed by atoms with Crippen LogP contribution in [0.3, 0.4) is 0 Å². The van der Waals surface area contributed by atoms with Crippen molar-refractivity contribution in [3.63, 3.8) is 0 Å². The van der Waals surface area contributed by atoms with Gasteiger partial charge in [-0.1, -0.05) is 19.9 Å². The molecule has 1 aliphatic rings. The van der Waals surface area contributed by atoms with E-state index in [1.54, 1.807) is 6.20 Å². The summed E-state index contributed by atoms with van der Waals surface area (Å²) < 4.78 is 0. The molecule has 1 saturated carbocycles. The van der Waals surface area contributed by atoms with E-state index in [9.17, 15) is 0 Å². The summed E-state index contributed by atoms with van der Waals surface area (Å²) in [6, 6.07) is 4.43. The van der Waals surface area contributed by atoms with Crippen molar-refractivity contribution in [2.45, 2.75) is 26.3 Å². The molecule has 82 valence electrons. The molecule has 3 nitrogen and oxygen atoms in total. The molecular formula is C12H19N3. The lowest BCUT2D eigenvalue weighted by atomic mass is 10.0. The van der Waals surface area contributed by atoms with Gasteiger partial charge in [0.25, 0.3) is 0 Å². The number of pyridine rings is 1. The number of nitrogens with zero attached hydrogens (tertiary/aromatic N) is 1. The van der Waals surface area contributed by atoms with E-state index >= 15 is 0 Å². The topological polar surface area (TPSA) is 50.9 Å². The molecule has 1 aromatic rings. The Labute approximate surface area is 91.1 Å². The first kappa shape index (κ1) is 10.4. The normalized spacial score (nSPS) is 26.3. The molecule has 3 heteroatoms. The summed E-state index contributed by atoms with van der Waals surface area (Å²) in [7, 11) is 0. The third-order valence-electron chi connectivity index (χ3n) is 3.23. The molecule has 1 heterocycles. The lowest BCUT2D eigenvalue weighted by Crippen LogP contribution is -2.24. The molecule has 3 atom stereocenters. The van der Waals surface area contributed by atoms with Crippen LogP contribution >= 0.6 is 0 Å².